The molecular weight excluding hydrogens is 623 g/mol. The predicted octanol–water partition coefficient (Wildman–Crippen LogP) is 5.79. The minimum absolute atomic E-state index is 0. The van der Waals surface area contributed by atoms with Crippen LogP contribution in [0.2, 0.25) is 0 Å². The molecule has 0 aliphatic carbocycles. The van der Waals surface area contributed by atoms with Crippen molar-refractivity contribution in [2.24, 2.45) is 29.5 Å². The Morgan fingerprint density at radius 3 is 0.974 bits per heavy atom. The second-order valence-electron chi connectivity index (χ2n) is 3.99. The summed E-state index contributed by atoms with van der Waals surface area (Å²) in [6, 6.07) is 0. The number of phosphoric acid groups is 2. The maximum absolute atomic E-state index is 11.5. The minimum Gasteiger partial charge on any atom is -0.312 e. The molecule has 0 aliphatic heterocycles. The lowest BCUT2D eigenvalue weighted by atomic mass is 11.8. The number of hydrogen-bond donors (Lipinski definition) is 7. The Bertz CT molecular complexity index is 694. The zero-order valence-electron chi connectivity index (χ0n) is 14.8. The first kappa shape index (κ1) is 71.6. The van der Waals surface area contributed by atoms with E-state index in [-0.39, 0.29) is 66.8 Å². The van der Waals surface area contributed by atoms with E-state index in [0.717, 1.165) is 19.0 Å². The molecule has 0 aromatic carbocycles. The second kappa shape index (κ2) is 30.5. The van der Waals surface area contributed by atoms with E-state index in [0.29, 0.717) is 6.66 Å². The fourth-order valence-corrected chi connectivity index (χ4v) is 6.98. The zero-order valence-corrected chi connectivity index (χ0v) is 19.3. The first-order valence-corrected chi connectivity index (χ1v) is 14.5. The van der Waals surface area contributed by atoms with Gasteiger partial charge in [0.15, 0.2) is 0 Å². The van der Waals surface area contributed by atoms with Gasteiger partial charge in [0.1, 0.15) is 0 Å². The van der Waals surface area contributed by atoms with Gasteiger partial charge in [-0.1, -0.05) is 66.8 Å². The van der Waals surface area contributed by atoms with Gasteiger partial charge in [-0.3, -0.25) is 9.13 Å². The molecule has 0 spiro atoms. The average molecular weight is 680 g/mol. The maximum atomic E-state index is 11.5. The second-order valence-corrected chi connectivity index (χ2v) is 13.4. The monoisotopic (exact) mass is 680 g/mol. The average Bonchev–Trinajstić information content (AvgIpc) is 2.67. The fraction of sp³-hybridized carbons (Fsp3) is 1.00. The van der Waals surface area contributed by atoms with Crippen LogP contribution in [0.25, 0.3) is 0 Å². The van der Waals surface area contributed by atoms with Crippen LogP contribution in [-0.2, 0) is 63.4 Å². The highest BCUT2D eigenvalue weighted by Gasteiger charge is 2.41. The van der Waals surface area contributed by atoms with Crippen molar-refractivity contribution in [2.75, 3.05) is 20.4 Å². The molecule has 0 aromatic heterocycles. The SMILES string of the molecule is C.C.C.C.C.C.C.C.C.COP(C)(=O)OP(=O)(ON)ON.CP(=O)(OP(=O)(NO)ON)OP(=O)(ON)ON. The van der Waals surface area contributed by atoms with Crippen LogP contribution in [0.1, 0.15) is 66.8 Å². The molecule has 0 aliphatic rings. The lowest BCUT2D eigenvalue weighted by Gasteiger charge is -2.20. The summed E-state index contributed by atoms with van der Waals surface area (Å²) in [5, 5.41) is 9.37. The van der Waals surface area contributed by atoms with E-state index in [1.165, 1.54) is 0 Å². The van der Waals surface area contributed by atoms with Crippen molar-refractivity contribution >= 4 is 38.6 Å². The van der Waals surface area contributed by atoms with Crippen molar-refractivity contribution in [1.82, 2.24) is 5.25 Å². The lowest BCUT2D eigenvalue weighted by molar-refractivity contribution is 0.145. The van der Waals surface area contributed by atoms with Gasteiger partial charge in [-0.25, -0.2) is 60.7 Å². The van der Waals surface area contributed by atoms with Gasteiger partial charge in [-0.2, -0.15) is 18.5 Å². The van der Waals surface area contributed by atoms with Crippen LogP contribution in [0.5, 0.6) is 0 Å². The molecule has 0 saturated heterocycles. The highest BCUT2D eigenvalue weighted by Crippen LogP contribution is 2.68. The van der Waals surface area contributed by atoms with Crippen LogP contribution >= 0.6 is 38.6 Å². The minimum atomic E-state index is -4.57. The van der Waals surface area contributed by atoms with Crippen LogP contribution in [0.3, 0.4) is 0 Å². The Kier molecular flexibility index (Phi) is 57.4. The molecule has 26 heteroatoms. The Labute approximate surface area is 229 Å². The Morgan fingerprint density at radius 2 is 0.789 bits per heavy atom. The van der Waals surface area contributed by atoms with Gasteiger partial charge < -0.3 is 9.73 Å². The summed E-state index contributed by atoms with van der Waals surface area (Å²) in [5.41, 5.74) is 0. The van der Waals surface area contributed by atoms with E-state index in [9.17, 15) is 22.8 Å². The number of nitrogens with one attached hydrogen (secondary N) is 1. The summed E-state index contributed by atoms with van der Waals surface area (Å²) < 4.78 is 91.5. The largest absolute Gasteiger partial charge is 0.514 e. The van der Waals surface area contributed by atoms with Crippen LogP contribution < -0.4 is 34.7 Å². The quantitative estimate of drug-likeness (QED) is 0.0892. The summed E-state index contributed by atoms with van der Waals surface area (Å²) in [5.74, 6) is 22.5. The molecule has 0 saturated carbocycles. The third kappa shape index (κ3) is 29.5. The van der Waals surface area contributed by atoms with Gasteiger partial charge in [-0.05, 0) is 0 Å². The van der Waals surface area contributed by atoms with Gasteiger partial charge in [0.05, 0.1) is 0 Å². The Morgan fingerprint density at radius 1 is 0.526 bits per heavy atom. The number of hydrogen-bond acceptors (Lipinski definition) is 20. The summed E-state index contributed by atoms with van der Waals surface area (Å²) in [6.07, 6.45) is 0. The van der Waals surface area contributed by atoms with Gasteiger partial charge >= 0.3 is 38.6 Å². The van der Waals surface area contributed by atoms with Crippen molar-refractivity contribution in [3.8, 4) is 0 Å². The summed E-state index contributed by atoms with van der Waals surface area (Å²) in [4.78, 5) is 0. The van der Waals surface area contributed by atoms with Crippen LogP contribution in [0.15, 0.2) is 0 Å². The lowest BCUT2D eigenvalue weighted by Crippen LogP contribution is -2.13. The molecule has 3 atom stereocenters. The van der Waals surface area contributed by atoms with Gasteiger partial charge in [-0.15, -0.1) is 5.25 Å². The van der Waals surface area contributed by atoms with Gasteiger partial charge in [0.2, 0.25) is 0 Å². The van der Waals surface area contributed by atoms with Crippen LogP contribution in [-0.4, -0.2) is 25.6 Å². The highest BCUT2D eigenvalue weighted by atomic mass is 31.3. The molecule has 0 heterocycles. The Hall–Kier alpha value is 0.510. The molecule has 21 nitrogen and oxygen atoms in total. The third-order valence-electron chi connectivity index (χ3n) is 1.86. The summed E-state index contributed by atoms with van der Waals surface area (Å²) in [6.45, 7) is 1.73. The molecule has 0 fully saturated rings. The van der Waals surface area contributed by atoms with Crippen LogP contribution in [0.4, 0.5) is 0 Å². The molecule has 0 bridgehead atoms. The van der Waals surface area contributed by atoms with E-state index in [1.807, 2.05) is 0 Å². The first-order chi connectivity index (χ1) is 13.0. The normalized spacial score (nSPS) is 14.2. The molecule has 3 unspecified atom stereocenters. The molecule has 250 valence electrons. The maximum Gasteiger partial charge on any atom is 0.514 e. The molecule has 0 rings (SSSR count). The van der Waals surface area contributed by atoms with Crippen molar-refractivity contribution < 1.29 is 68.6 Å². The third-order valence-corrected chi connectivity index (χ3v) is 10.1. The van der Waals surface area contributed by atoms with Crippen molar-refractivity contribution in [3.63, 3.8) is 0 Å². The van der Waals surface area contributed by atoms with E-state index in [2.05, 4.69) is 70.1 Å². The Balaban J connectivity index is -0.0000000355. The smallest absolute Gasteiger partial charge is 0.312 e. The predicted molar refractivity (Wildman–Crippen MR) is 152 cm³/mol. The number of rotatable bonds is 13. The molecule has 0 amide bonds. The van der Waals surface area contributed by atoms with E-state index < -0.39 is 38.6 Å². The number of nitrogens with two attached hydrogens (primary N) is 5. The highest BCUT2D eigenvalue weighted by molar-refractivity contribution is 7.70. The van der Waals surface area contributed by atoms with Crippen LogP contribution in [0, 0.1) is 0 Å². The summed E-state index contributed by atoms with van der Waals surface area (Å²) in [7, 11) is -20.0. The fourth-order valence-electron chi connectivity index (χ4n) is 0.795. The van der Waals surface area contributed by atoms with E-state index in [1.54, 1.807) is 0 Å². The van der Waals surface area contributed by atoms with Crippen molar-refractivity contribution in [1.29, 1.82) is 0 Å². The molecule has 0 radical (unpaired) electrons. The first-order valence-electron chi connectivity index (χ1n) is 6.03. The van der Waals surface area contributed by atoms with Crippen molar-refractivity contribution in [2.45, 2.75) is 66.8 Å². The molecular formula is C12H57N6O15P5. The molecule has 12 N–H and O–H groups in total. The van der Waals surface area contributed by atoms with Gasteiger partial charge in [0, 0.05) is 20.4 Å². The molecule has 0 aromatic rings. The van der Waals surface area contributed by atoms with E-state index in [4.69, 9.17) is 5.21 Å². The van der Waals surface area contributed by atoms with Gasteiger partial charge in [0.25, 0.3) is 0 Å². The van der Waals surface area contributed by atoms with Crippen molar-refractivity contribution in [3.05, 3.63) is 0 Å². The topological polar surface area (TPSA) is 331 Å². The standard InChI is InChI=1S/C2H10N2O6P2.CH11N4O9P3.9CH4/c1-7-11(2,5)10-12(6,8-3)9-4;1-15(7,13-16(8,5-6)10-2)14-17(9,11-3)12-4;;;;;;;;;/h3-4H2,1-2H3;6H,2-4H2,1H3,(H,5,8);9*1H4. The summed E-state index contributed by atoms with van der Waals surface area (Å²) >= 11 is 0. The molecule has 38 heavy (non-hydrogen) atoms. The van der Waals surface area contributed by atoms with E-state index >= 15 is 0 Å². The zero-order chi connectivity index (χ0) is 23.6.